The van der Waals surface area contributed by atoms with Gasteiger partial charge in [-0.2, -0.15) is 4.68 Å². The fourth-order valence-electron chi connectivity index (χ4n) is 1.64. The Bertz CT molecular complexity index is 658. The maximum absolute atomic E-state index is 4.15. The number of nitrogens with one attached hydrogen (secondary N) is 1. The molecule has 1 N–H and O–H groups in total. The molecule has 92 valence electrons. The van der Waals surface area contributed by atoms with Crippen molar-refractivity contribution in [3.63, 3.8) is 0 Å². The largest absolute Gasteiger partial charge is 0.311 e. The van der Waals surface area contributed by atoms with Crippen molar-refractivity contribution in [3.05, 3.63) is 29.3 Å². The van der Waals surface area contributed by atoms with Crippen LogP contribution in [0.15, 0.2) is 24.3 Å². The molecular formula is C11H12N6S. The minimum absolute atomic E-state index is 0.737. The van der Waals surface area contributed by atoms with E-state index < -0.39 is 0 Å². The second kappa shape index (κ2) is 4.79. The van der Waals surface area contributed by atoms with Gasteiger partial charge in [0, 0.05) is 6.54 Å². The van der Waals surface area contributed by atoms with Crippen molar-refractivity contribution in [1.82, 2.24) is 30.5 Å². The molecule has 0 amide bonds. The molecule has 2 heterocycles. The van der Waals surface area contributed by atoms with Crippen molar-refractivity contribution in [2.75, 3.05) is 6.54 Å². The molecule has 0 aliphatic carbocycles. The first-order valence-electron chi connectivity index (χ1n) is 5.72. The van der Waals surface area contributed by atoms with Crippen LogP contribution in [0, 0.1) is 0 Å². The van der Waals surface area contributed by atoms with E-state index in [0.29, 0.717) is 0 Å². The topological polar surface area (TPSA) is 68.5 Å². The van der Waals surface area contributed by atoms with E-state index in [2.05, 4.69) is 32.7 Å². The van der Waals surface area contributed by atoms with Crippen LogP contribution in [0.1, 0.15) is 11.9 Å². The fourth-order valence-corrected chi connectivity index (χ4v) is 2.41. The highest BCUT2D eigenvalue weighted by Crippen LogP contribution is 2.18. The van der Waals surface area contributed by atoms with Crippen LogP contribution in [0.3, 0.4) is 0 Å². The number of hydrogen-bond donors (Lipinski definition) is 1. The Hall–Kier alpha value is -1.86. The normalized spacial score (nSPS) is 11.2. The lowest BCUT2D eigenvalue weighted by atomic mass is 10.3. The first kappa shape index (κ1) is 11.2. The molecule has 3 rings (SSSR count). The molecule has 0 atom stereocenters. The lowest BCUT2D eigenvalue weighted by molar-refractivity contribution is 0.713. The summed E-state index contributed by atoms with van der Waals surface area (Å²) >= 11 is 1.52. The van der Waals surface area contributed by atoms with Gasteiger partial charge >= 0.3 is 0 Å². The Balaban J connectivity index is 1.96. The van der Waals surface area contributed by atoms with Crippen molar-refractivity contribution >= 4 is 22.4 Å². The first-order chi connectivity index (χ1) is 8.88. The number of fused-ring (bicyclic) bond motifs is 1. The Kier molecular flexibility index (Phi) is 2.99. The highest BCUT2D eigenvalue weighted by Gasteiger charge is 2.10. The van der Waals surface area contributed by atoms with E-state index >= 15 is 0 Å². The summed E-state index contributed by atoms with van der Waals surface area (Å²) in [7, 11) is 0. The van der Waals surface area contributed by atoms with E-state index in [-0.39, 0.29) is 0 Å². The lowest BCUT2D eigenvalue weighted by Gasteiger charge is -1.95. The average molecular weight is 260 g/mol. The molecular weight excluding hydrogens is 248 g/mol. The van der Waals surface area contributed by atoms with Crippen LogP contribution in [-0.4, -0.2) is 31.7 Å². The van der Waals surface area contributed by atoms with Crippen molar-refractivity contribution in [2.24, 2.45) is 0 Å². The smallest absolute Gasteiger partial charge is 0.234 e. The highest BCUT2D eigenvalue weighted by atomic mass is 32.1. The molecule has 3 aromatic rings. The summed E-state index contributed by atoms with van der Waals surface area (Å²) in [5.74, 6) is 0. The molecule has 2 aromatic heterocycles. The predicted molar refractivity (Wildman–Crippen MR) is 69.7 cm³/mol. The number of benzene rings is 1. The van der Waals surface area contributed by atoms with Gasteiger partial charge in [-0.15, -0.1) is 15.3 Å². The third-order valence-corrected chi connectivity index (χ3v) is 3.41. The Labute approximate surface area is 108 Å². The molecule has 0 saturated heterocycles. The molecule has 0 radical (unpaired) electrons. The van der Waals surface area contributed by atoms with Gasteiger partial charge in [-0.05, 0) is 18.7 Å². The second-order valence-electron chi connectivity index (χ2n) is 3.75. The standard InChI is InChI=1S/C11H12N6S/c1-2-12-7-10-14-15-11(18-10)17-9-6-4-3-5-8(9)13-16-17/h3-6,12H,2,7H2,1H3. The minimum atomic E-state index is 0.737. The van der Waals surface area contributed by atoms with E-state index in [1.165, 1.54) is 11.3 Å². The van der Waals surface area contributed by atoms with Crippen LogP contribution in [-0.2, 0) is 6.54 Å². The van der Waals surface area contributed by atoms with Gasteiger partial charge in [-0.1, -0.05) is 35.6 Å². The number of nitrogens with zero attached hydrogens (tertiary/aromatic N) is 5. The molecule has 0 bridgehead atoms. The number of aromatic nitrogens is 5. The Morgan fingerprint density at radius 3 is 3.00 bits per heavy atom. The minimum Gasteiger partial charge on any atom is -0.311 e. The SMILES string of the molecule is CCNCc1nnc(-n2nnc3ccccc32)s1. The Morgan fingerprint density at radius 2 is 2.11 bits per heavy atom. The molecule has 7 heteroatoms. The number of para-hydroxylation sites is 1. The average Bonchev–Trinajstić information content (AvgIpc) is 3.02. The maximum atomic E-state index is 4.15. The zero-order valence-electron chi connectivity index (χ0n) is 9.87. The maximum Gasteiger partial charge on any atom is 0.234 e. The van der Waals surface area contributed by atoms with E-state index in [1.54, 1.807) is 4.68 Å². The van der Waals surface area contributed by atoms with Gasteiger partial charge in [0.15, 0.2) is 0 Å². The number of rotatable bonds is 4. The number of hydrogen-bond acceptors (Lipinski definition) is 6. The van der Waals surface area contributed by atoms with Crippen LogP contribution in [0.5, 0.6) is 0 Å². The van der Waals surface area contributed by atoms with Crippen molar-refractivity contribution < 1.29 is 0 Å². The summed E-state index contributed by atoms with van der Waals surface area (Å²) in [5.41, 5.74) is 1.81. The quantitative estimate of drug-likeness (QED) is 0.767. The van der Waals surface area contributed by atoms with Crippen molar-refractivity contribution in [1.29, 1.82) is 0 Å². The molecule has 18 heavy (non-hydrogen) atoms. The molecule has 0 aliphatic rings. The Morgan fingerprint density at radius 1 is 1.22 bits per heavy atom. The monoisotopic (exact) mass is 260 g/mol. The van der Waals surface area contributed by atoms with Gasteiger partial charge in [-0.25, -0.2) is 0 Å². The zero-order chi connectivity index (χ0) is 12.4. The van der Waals surface area contributed by atoms with E-state index in [9.17, 15) is 0 Å². The van der Waals surface area contributed by atoms with E-state index in [0.717, 1.165) is 34.3 Å². The third-order valence-electron chi connectivity index (χ3n) is 2.52. The molecule has 0 unspecified atom stereocenters. The summed E-state index contributed by atoms with van der Waals surface area (Å²) < 4.78 is 1.72. The van der Waals surface area contributed by atoms with Gasteiger partial charge in [0.05, 0.1) is 5.52 Å². The summed E-state index contributed by atoms with van der Waals surface area (Å²) in [6, 6.07) is 7.81. The summed E-state index contributed by atoms with van der Waals surface area (Å²) in [6.07, 6.45) is 0. The first-order valence-corrected chi connectivity index (χ1v) is 6.54. The van der Waals surface area contributed by atoms with Gasteiger partial charge < -0.3 is 5.32 Å². The van der Waals surface area contributed by atoms with Gasteiger partial charge in [0.1, 0.15) is 10.5 Å². The van der Waals surface area contributed by atoms with E-state index in [1.807, 2.05) is 24.3 Å². The van der Waals surface area contributed by atoms with Gasteiger partial charge in [0.25, 0.3) is 0 Å². The third kappa shape index (κ3) is 1.98. The zero-order valence-corrected chi connectivity index (χ0v) is 10.7. The summed E-state index contributed by atoms with van der Waals surface area (Å²) in [6.45, 7) is 3.72. The molecule has 0 saturated carbocycles. The molecule has 0 spiro atoms. The fraction of sp³-hybridized carbons (Fsp3) is 0.273. The van der Waals surface area contributed by atoms with E-state index in [4.69, 9.17) is 0 Å². The molecule has 1 aromatic carbocycles. The van der Waals surface area contributed by atoms with Crippen LogP contribution in [0.2, 0.25) is 0 Å². The van der Waals surface area contributed by atoms with Gasteiger partial charge in [-0.3, -0.25) is 0 Å². The lowest BCUT2D eigenvalue weighted by Crippen LogP contribution is -2.11. The summed E-state index contributed by atoms with van der Waals surface area (Å²) in [5, 5.41) is 21.4. The summed E-state index contributed by atoms with van der Waals surface area (Å²) in [4.78, 5) is 0. The molecule has 6 nitrogen and oxygen atoms in total. The second-order valence-corrected chi connectivity index (χ2v) is 4.79. The van der Waals surface area contributed by atoms with Crippen molar-refractivity contribution in [2.45, 2.75) is 13.5 Å². The molecule has 0 fully saturated rings. The predicted octanol–water partition coefficient (Wildman–Crippen LogP) is 1.38. The van der Waals surface area contributed by atoms with Crippen LogP contribution in [0.25, 0.3) is 16.2 Å². The van der Waals surface area contributed by atoms with Gasteiger partial charge in [0.2, 0.25) is 5.13 Å². The molecule has 0 aliphatic heterocycles. The van der Waals surface area contributed by atoms with Crippen LogP contribution >= 0.6 is 11.3 Å². The van der Waals surface area contributed by atoms with Crippen molar-refractivity contribution in [3.8, 4) is 5.13 Å². The highest BCUT2D eigenvalue weighted by molar-refractivity contribution is 7.13. The van der Waals surface area contributed by atoms with Crippen LogP contribution in [0.4, 0.5) is 0 Å². The van der Waals surface area contributed by atoms with Crippen LogP contribution < -0.4 is 5.32 Å².